The van der Waals surface area contributed by atoms with Crippen molar-refractivity contribution in [3.05, 3.63) is 48.2 Å². The van der Waals surface area contributed by atoms with Crippen molar-refractivity contribution in [1.82, 2.24) is 20.0 Å². The van der Waals surface area contributed by atoms with E-state index in [0.717, 1.165) is 12.4 Å². The number of carbonyl (C=O) groups is 1. The Bertz CT molecular complexity index is 963. The maximum atomic E-state index is 12.8. The SMILES string of the molecule is O=C(c1cc(-c2ccco2)on1)N1CCN(c2cc(C(F)(F)F)ncn2)CC1. The number of alkyl halides is 3. The van der Waals surface area contributed by atoms with E-state index in [2.05, 4.69) is 15.1 Å². The van der Waals surface area contributed by atoms with Gasteiger partial charge in [-0.05, 0) is 12.1 Å². The van der Waals surface area contributed by atoms with Crippen LogP contribution in [-0.2, 0) is 6.18 Å². The van der Waals surface area contributed by atoms with Gasteiger partial charge in [-0.3, -0.25) is 4.79 Å². The standard InChI is InChI=1S/C17H14F3N5O3/c18-17(19,20)14-9-15(22-10-21-14)24-3-5-25(6-4-24)16(26)11-8-13(28-23-11)12-2-1-7-27-12/h1-2,7-10H,3-6H2. The second-order valence-corrected chi connectivity index (χ2v) is 6.09. The molecule has 3 aromatic rings. The van der Waals surface area contributed by atoms with Crippen molar-refractivity contribution in [3.63, 3.8) is 0 Å². The van der Waals surface area contributed by atoms with Crippen LogP contribution in [0.5, 0.6) is 0 Å². The molecule has 0 unspecified atom stereocenters. The van der Waals surface area contributed by atoms with Gasteiger partial charge in [0.15, 0.2) is 11.5 Å². The largest absolute Gasteiger partial charge is 0.461 e. The summed E-state index contributed by atoms with van der Waals surface area (Å²) in [5.41, 5.74) is -0.856. The lowest BCUT2D eigenvalue weighted by molar-refractivity contribution is -0.141. The smallest absolute Gasteiger partial charge is 0.433 e. The number of aromatic nitrogens is 3. The van der Waals surface area contributed by atoms with Gasteiger partial charge in [-0.15, -0.1) is 0 Å². The van der Waals surface area contributed by atoms with Crippen molar-refractivity contribution in [2.75, 3.05) is 31.1 Å². The Kier molecular flexibility index (Phi) is 4.49. The highest BCUT2D eigenvalue weighted by Gasteiger charge is 2.34. The maximum Gasteiger partial charge on any atom is 0.433 e. The molecule has 0 N–H and O–H groups in total. The number of furan rings is 1. The molecule has 146 valence electrons. The van der Waals surface area contributed by atoms with Crippen LogP contribution in [0.25, 0.3) is 11.5 Å². The fourth-order valence-electron chi connectivity index (χ4n) is 2.89. The van der Waals surface area contributed by atoms with Gasteiger partial charge in [0.25, 0.3) is 5.91 Å². The van der Waals surface area contributed by atoms with E-state index in [0.29, 0.717) is 37.7 Å². The number of nitrogens with zero attached hydrogens (tertiary/aromatic N) is 5. The Hall–Kier alpha value is -3.37. The van der Waals surface area contributed by atoms with E-state index in [1.165, 1.54) is 12.3 Å². The Labute approximate surface area is 156 Å². The van der Waals surface area contributed by atoms with E-state index in [-0.39, 0.29) is 17.4 Å². The van der Waals surface area contributed by atoms with E-state index < -0.39 is 11.9 Å². The zero-order valence-electron chi connectivity index (χ0n) is 14.4. The zero-order chi connectivity index (χ0) is 19.7. The molecule has 8 nitrogen and oxygen atoms in total. The van der Waals surface area contributed by atoms with Gasteiger partial charge in [-0.2, -0.15) is 13.2 Å². The Morgan fingerprint density at radius 3 is 2.54 bits per heavy atom. The molecule has 28 heavy (non-hydrogen) atoms. The minimum Gasteiger partial charge on any atom is -0.461 e. The Morgan fingerprint density at radius 2 is 1.86 bits per heavy atom. The third kappa shape index (κ3) is 3.55. The maximum absolute atomic E-state index is 12.8. The third-order valence-corrected chi connectivity index (χ3v) is 4.33. The highest BCUT2D eigenvalue weighted by Crippen LogP contribution is 2.29. The molecule has 0 radical (unpaired) electrons. The molecule has 1 aliphatic rings. The molecule has 1 amide bonds. The van der Waals surface area contributed by atoms with E-state index in [1.54, 1.807) is 21.9 Å². The van der Waals surface area contributed by atoms with Crippen molar-refractivity contribution in [1.29, 1.82) is 0 Å². The predicted molar refractivity (Wildman–Crippen MR) is 89.4 cm³/mol. The van der Waals surface area contributed by atoms with Crippen molar-refractivity contribution < 1.29 is 26.9 Å². The molecule has 4 heterocycles. The number of carbonyl (C=O) groups excluding carboxylic acids is 1. The van der Waals surface area contributed by atoms with Gasteiger partial charge < -0.3 is 18.7 Å². The van der Waals surface area contributed by atoms with Crippen molar-refractivity contribution in [2.24, 2.45) is 0 Å². The van der Waals surface area contributed by atoms with E-state index >= 15 is 0 Å². The van der Waals surface area contributed by atoms with Crippen LogP contribution in [0, 0.1) is 0 Å². The first kappa shape index (κ1) is 18.0. The zero-order valence-corrected chi connectivity index (χ0v) is 14.4. The highest BCUT2D eigenvalue weighted by atomic mass is 19.4. The molecule has 0 aromatic carbocycles. The van der Waals surface area contributed by atoms with Gasteiger partial charge in [0.05, 0.1) is 6.26 Å². The van der Waals surface area contributed by atoms with Crippen LogP contribution in [0.3, 0.4) is 0 Å². The summed E-state index contributed by atoms with van der Waals surface area (Å²) in [6.07, 6.45) is -2.16. The Balaban J connectivity index is 1.41. The van der Waals surface area contributed by atoms with Crippen LogP contribution < -0.4 is 4.90 Å². The quantitative estimate of drug-likeness (QED) is 0.676. The first-order chi connectivity index (χ1) is 13.4. The molecule has 1 aliphatic heterocycles. The number of hydrogen-bond donors (Lipinski definition) is 0. The lowest BCUT2D eigenvalue weighted by Crippen LogP contribution is -2.49. The summed E-state index contributed by atoms with van der Waals surface area (Å²) in [4.78, 5) is 23.0. The molecular formula is C17H14F3N5O3. The average Bonchev–Trinajstić information content (AvgIpc) is 3.39. The van der Waals surface area contributed by atoms with Crippen LogP contribution in [0.2, 0.25) is 0 Å². The van der Waals surface area contributed by atoms with Gasteiger partial charge >= 0.3 is 6.18 Å². The van der Waals surface area contributed by atoms with E-state index in [9.17, 15) is 18.0 Å². The van der Waals surface area contributed by atoms with Crippen LogP contribution in [0.4, 0.5) is 19.0 Å². The second kappa shape index (κ2) is 6.98. The number of halogens is 3. The first-order valence-electron chi connectivity index (χ1n) is 8.36. The summed E-state index contributed by atoms with van der Waals surface area (Å²) < 4.78 is 48.8. The molecule has 4 rings (SSSR count). The fraction of sp³-hybridized carbons (Fsp3) is 0.294. The summed E-state index contributed by atoms with van der Waals surface area (Å²) >= 11 is 0. The number of piperazine rings is 1. The molecule has 1 fully saturated rings. The lowest BCUT2D eigenvalue weighted by Gasteiger charge is -2.35. The van der Waals surface area contributed by atoms with Crippen molar-refractivity contribution in [3.8, 4) is 11.5 Å². The third-order valence-electron chi connectivity index (χ3n) is 4.33. The van der Waals surface area contributed by atoms with Gasteiger partial charge in [-0.1, -0.05) is 5.16 Å². The molecule has 0 spiro atoms. The average molecular weight is 393 g/mol. The molecule has 0 aliphatic carbocycles. The molecule has 0 saturated carbocycles. The lowest BCUT2D eigenvalue weighted by atomic mass is 10.2. The van der Waals surface area contributed by atoms with E-state index in [4.69, 9.17) is 8.94 Å². The van der Waals surface area contributed by atoms with Crippen LogP contribution >= 0.6 is 0 Å². The number of amides is 1. The van der Waals surface area contributed by atoms with Crippen LogP contribution in [0.1, 0.15) is 16.2 Å². The van der Waals surface area contributed by atoms with Gasteiger partial charge in [0.1, 0.15) is 17.8 Å². The van der Waals surface area contributed by atoms with Crippen molar-refractivity contribution >= 4 is 11.7 Å². The second-order valence-electron chi connectivity index (χ2n) is 6.09. The molecule has 1 saturated heterocycles. The van der Waals surface area contributed by atoms with Crippen LogP contribution in [0.15, 0.2) is 45.8 Å². The van der Waals surface area contributed by atoms with Crippen LogP contribution in [-0.4, -0.2) is 52.1 Å². The summed E-state index contributed by atoms with van der Waals surface area (Å²) in [5, 5.41) is 3.78. The molecule has 0 bridgehead atoms. The predicted octanol–water partition coefficient (Wildman–Crippen LogP) is 2.71. The summed E-state index contributed by atoms with van der Waals surface area (Å²) in [5.74, 6) is 0.657. The van der Waals surface area contributed by atoms with Gasteiger partial charge in [0.2, 0.25) is 5.76 Å². The molecule has 11 heteroatoms. The summed E-state index contributed by atoms with van der Waals surface area (Å²) in [6.45, 7) is 1.30. The summed E-state index contributed by atoms with van der Waals surface area (Å²) in [6, 6.07) is 5.78. The number of hydrogen-bond acceptors (Lipinski definition) is 7. The molecule has 3 aromatic heterocycles. The first-order valence-corrected chi connectivity index (χ1v) is 8.36. The monoisotopic (exact) mass is 393 g/mol. The van der Waals surface area contributed by atoms with E-state index in [1.807, 2.05) is 0 Å². The minimum atomic E-state index is -4.53. The Morgan fingerprint density at radius 1 is 1.07 bits per heavy atom. The number of rotatable bonds is 3. The molecule has 0 atom stereocenters. The highest BCUT2D eigenvalue weighted by molar-refractivity contribution is 5.93. The topological polar surface area (TPSA) is 88.5 Å². The molecular weight excluding hydrogens is 379 g/mol. The van der Waals surface area contributed by atoms with Gasteiger partial charge in [-0.25, -0.2) is 9.97 Å². The normalized spacial score (nSPS) is 15.1. The van der Waals surface area contributed by atoms with Crippen molar-refractivity contribution in [2.45, 2.75) is 6.18 Å². The fourth-order valence-corrected chi connectivity index (χ4v) is 2.89. The minimum absolute atomic E-state index is 0.140. The number of anilines is 1. The van der Waals surface area contributed by atoms with Gasteiger partial charge in [0, 0.05) is 38.3 Å². The summed E-state index contributed by atoms with van der Waals surface area (Å²) in [7, 11) is 0.